The van der Waals surface area contributed by atoms with Gasteiger partial charge in [0.25, 0.3) is 0 Å². The molecule has 1 aliphatic rings. The summed E-state index contributed by atoms with van der Waals surface area (Å²) in [5.74, 6) is 1.18. The van der Waals surface area contributed by atoms with Crippen molar-refractivity contribution in [3.05, 3.63) is 52.6 Å². The minimum atomic E-state index is -0.286. The summed E-state index contributed by atoms with van der Waals surface area (Å²) >= 11 is 0. The number of hydrogen-bond acceptors (Lipinski definition) is 2. The van der Waals surface area contributed by atoms with E-state index in [-0.39, 0.29) is 11.4 Å². The Morgan fingerprint density at radius 3 is 2.62 bits per heavy atom. The molecule has 130 valence electrons. The molecule has 2 rings (SSSR count). The minimum Gasteiger partial charge on any atom is -0.508 e. The van der Waals surface area contributed by atoms with Gasteiger partial charge in [0, 0.05) is 5.56 Å². The van der Waals surface area contributed by atoms with E-state index < -0.39 is 0 Å². The number of rotatable bonds is 6. The third kappa shape index (κ3) is 5.02. The Kier molecular flexibility index (Phi) is 5.93. The molecule has 0 spiro atoms. The summed E-state index contributed by atoms with van der Waals surface area (Å²) in [6, 6.07) is 3.51. The summed E-state index contributed by atoms with van der Waals surface area (Å²) in [7, 11) is 0. The first-order valence-electron chi connectivity index (χ1n) is 8.80. The molecule has 0 radical (unpaired) electrons. The van der Waals surface area contributed by atoms with Gasteiger partial charge < -0.3 is 9.84 Å². The summed E-state index contributed by atoms with van der Waals surface area (Å²) in [6.07, 6.45) is 13.0. The number of benzene rings is 1. The van der Waals surface area contributed by atoms with Crippen molar-refractivity contribution in [2.24, 2.45) is 0 Å². The van der Waals surface area contributed by atoms with Gasteiger partial charge in [-0.1, -0.05) is 29.4 Å². The van der Waals surface area contributed by atoms with Gasteiger partial charge in [-0.3, -0.25) is 0 Å². The number of aryl methyl sites for hydroxylation is 1. The molecule has 1 aromatic rings. The first kappa shape index (κ1) is 18.4. The van der Waals surface area contributed by atoms with Crippen molar-refractivity contribution < 1.29 is 9.84 Å². The topological polar surface area (TPSA) is 29.5 Å². The van der Waals surface area contributed by atoms with Crippen molar-refractivity contribution in [2.45, 2.75) is 65.9 Å². The van der Waals surface area contributed by atoms with Crippen molar-refractivity contribution in [3.8, 4) is 11.5 Å². The summed E-state index contributed by atoms with van der Waals surface area (Å²) in [5.41, 5.74) is 4.48. The lowest BCUT2D eigenvalue weighted by molar-refractivity contribution is 0.127. The summed E-state index contributed by atoms with van der Waals surface area (Å²) < 4.78 is 6.26. The zero-order chi connectivity index (χ0) is 17.7. The Hall–Kier alpha value is -1.96. The van der Waals surface area contributed by atoms with Crippen molar-refractivity contribution in [3.63, 3.8) is 0 Å². The van der Waals surface area contributed by atoms with Crippen molar-refractivity contribution in [1.29, 1.82) is 0 Å². The molecular formula is C22H30O2. The van der Waals surface area contributed by atoms with E-state index in [2.05, 4.69) is 52.0 Å². The Balaban J connectivity index is 1.95. The van der Waals surface area contributed by atoms with E-state index in [1.807, 2.05) is 6.92 Å². The monoisotopic (exact) mass is 326 g/mol. The van der Waals surface area contributed by atoms with Crippen LogP contribution in [-0.2, 0) is 0 Å². The molecule has 1 atom stereocenters. The maximum absolute atomic E-state index is 9.71. The molecule has 0 aromatic heterocycles. The molecule has 2 heteroatoms. The van der Waals surface area contributed by atoms with Crippen LogP contribution in [0.1, 0.15) is 64.5 Å². The van der Waals surface area contributed by atoms with Gasteiger partial charge in [-0.05, 0) is 84.1 Å². The first-order valence-corrected chi connectivity index (χ1v) is 8.80. The predicted molar refractivity (Wildman–Crippen MR) is 103 cm³/mol. The van der Waals surface area contributed by atoms with Crippen LogP contribution in [0.15, 0.2) is 41.5 Å². The van der Waals surface area contributed by atoms with Gasteiger partial charge in [0.15, 0.2) is 0 Å². The fraction of sp³-hybridized carbons (Fsp3) is 0.455. The van der Waals surface area contributed by atoms with Crippen LogP contribution >= 0.6 is 0 Å². The normalized spacial score (nSPS) is 19.6. The number of phenolic OH excluding ortho intramolecular Hbond substituents is 1. The molecule has 1 aromatic carbocycles. The highest BCUT2D eigenvalue weighted by Gasteiger charge is 2.27. The van der Waals surface area contributed by atoms with Crippen molar-refractivity contribution in [2.75, 3.05) is 0 Å². The Morgan fingerprint density at radius 2 is 1.92 bits per heavy atom. The molecule has 0 saturated carbocycles. The van der Waals surface area contributed by atoms with E-state index in [0.29, 0.717) is 0 Å². The van der Waals surface area contributed by atoms with E-state index in [1.165, 1.54) is 11.1 Å². The fourth-order valence-corrected chi connectivity index (χ4v) is 3.01. The quantitative estimate of drug-likeness (QED) is 0.618. The van der Waals surface area contributed by atoms with Crippen LogP contribution in [-0.4, -0.2) is 10.7 Å². The highest BCUT2D eigenvalue weighted by atomic mass is 16.5. The minimum absolute atomic E-state index is 0.286. The van der Waals surface area contributed by atoms with E-state index in [1.54, 1.807) is 12.1 Å². The van der Waals surface area contributed by atoms with Crippen LogP contribution in [0.2, 0.25) is 0 Å². The fourth-order valence-electron chi connectivity index (χ4n) is 3.01. The van der Waals surface area contributed by atoms with E-state index in [9.17, 15) is 5.11 Å². The lowest BCUT2D eigenvalue weighted by Crippen LogP contribution is -2.32. The summed E-state index contributed by atoms with van der Waals surface area (Å²) in [5, 5.41) is 9.71. The van der Waals surface area contributed by atoms with Crippen molar-refractivity contribution >= 4 is 6.08 Å². The number of hydrogen-bond donors (Lipinski definition) is 1. The number of ether oxygens (including phenoxy) is 1. The average Bonchev–Trinajstić information content (AvgIpc) is 2.48. The standard InChI is InChI=1S/C22H30O2/c1-16(2)8-6-9-17(3)10-7-12-22(5)13-11-19-15-20(23)14-18(4)21(19)24-22/h8,10-11,13-15,23H,6-7,9,12H2,1-5H3. The number of fused-ring (bicyclic) bond motifs is 1. The van der Waals surface area contributed by atoms with Crippen LogP contribution in [0.25, 0.3) is 6.08 Å². The third-order valence-electron chi connectivity index (χ3n) is 4.46. The van der Waals surface area contributed by atoms with E-state index >= 15 is 0 Å². The zero-order valence-electron chi connectivity index (χ0n) is 15.6. The predicted octanol–water partition coefficient (Wildman–Crippen LogP) is 6.34. The van der Waals surface area contributed by atoms with Gasteiger partial charge in [0.05, 0.1) is 0 Å². The average molecular weight is 326 g/mol. The van der Waals surface area contributed by atoms with E-state index in [0.717, 1.165) is 42.6 Å². The number of aromatic hydroxyl groups is 1. The van der Waals surface area contributed by atoms with Gasteiger partial charge in [-0.25, -0.2) is 0 Å². The van der Waals surface area contributed by atoms with E-state index in [4.69, 9.17) is 4.74 Å². The first-order chi connectivity index (χ1) is 11.3. The lowest BCUT2D eigenvalue weighted by atomic mass is 9.93. The highest BCUT2D eigenvalue weighted by molar-refractivity contribution is 5.65. The van der Waals surface area contributed by atoms with Crippen LogP contribution in [0.3, 0.4) is 0 Å². The Labute approximate surface area is 146 Å². The van der Waals surface area contributed by atoms with Crippen molar-refractivity contribution in [1.82, 2.24) is 0 Å². The number of phenols is 1. The van der Waals surface area contributed by atoms with Crippen LogP contribution in [0.5, 0.6) is 11.5 Å². The van der Waals surface area contributed by atoms with Crippen LogP contribution in [0.4, 0.5) is 0 Å². The molecule has 0 saturated heterocycles. The second kappa shape index (κ2) is 7.74. The van der Waals surface area contributed by atoms with Gasteiger partial charge in [-0.2, -0.15) is 0 Å². The second-order valence-corrected chi connectivity index (χ2v) is 7.34. The SMILES string of the molecule is CC(C)=CCCC(C)=CCCC1(C)C=Cc2cc(O)cc(C)c2O1. The molecule has 2 nitrogen and oxygen atoms in total. The molecule has 0 fully saturated rings. The smallest absolute Gasteiger partial charge is 0.131 e. The largest absolute Gasteiger partial charge is 0.508 e. The van der Waals surface area contributed by atoms with Gasteiger partial charge in [-0.15, -0.1) is 0 Å². The zero-order valence-corrected chi connectivity index (χ0v) is 15.6. The maximum atomic E-state index is 9.71. The van der Waals surface area contributed by atoms with Crippen LogP contribution in [0, 0.1) is 6.92 Å². The van der Waals surface area contributed by atoms with Gasteiger partial charge in [0.1, 0.15) is 17.1 Å². The van der Waals surface area contributed by atoms with Gasteiger partial charge in [0.2, 0.25) is 0 Å². The molecule has 0 aliphatic carbocycles. The molecule has 1 N–H and O–H groups in total. The third-order valence-corrected chi connectivity index (χ3v) is 4.46. The molecule has 24 heavy (non-hydrogen) atoms. The van der Waals surface area contributed by atoms with Crippen LogP contribution < -0.4 is 4.74 Å². The lowest BCUT2D eigenvalue weighted by Gasteiger charge is -2.32. The van der Waals surface area contributed by atoms with Gasteiger partial charge >= 0.3 is 0 Å². The molecular weight excluding hydrogens is 296 g/mol. The molecule has 1 aliphatic heterocycles. The second-order valence-electron chi connectivity index (χ2n) is 7.34. The molecule has 0 bridgehead atoms. The Morgan fingerprint density at radius 1 is 1.17 bits per heavy atom. The summed E-state index contributed by atoms with van der Waals surface area (Å²) in [4.78, 5) is 0. The summed E-state index contributed by atoms with van der Waals surface area (Å²) in [6.45, 7) is 10.6. The molecule has 1 unspecified atom stereocenters. The maximum Gasteiger partial charge on any atom is 0.131 e. The molecule has 0 amide bonds. The highest BCUT2D eigenvalue weighted by Crippen LogP contribution is 2.38. The molecule has 1 heterocycles. The Bertz CT molecular complexity index is 675. The number of allylic oxidation sites excluding steroid dienone is 4.